The van der Waals surface area contributed by atoms with Crippen LogP contribution in [-0.2, 0) is 16.1 Å². The maximum atomic E-state index is 10.8. The quantitative estimate of drug-likeness (QED) is 0.815. The van der Waals surface area contributed by atoms with Gasteiger partial charge in [0.2, 0.25) is 0 Å². The van der Waals surface area contributed by atoms with Crippen molar-refractivity contribution in [3.8, 4) is 0 Å². The Morgan fingerprint density at radius 2 is 2.50 bits per heavy atom. The highest BCUT2D eigenvalue weighted by molar-refractivity contribution is 5.66. The van der Waals surface area contributed by atoms with E-state index in [9.17, 15) is 4.79 Å². The molecule has 1 aliphatic heterocycles. The predicted octanol–water partition coefficient (Wildman–Crippen LogP) is 1.03. The molecule has 1 aromatic rings. The SMILES string of the molecule is CCC(CC(=O)O)Cn1nnnc1C1CCCO1. The summed E-state index contributed by atoms with van der Waals surface area (Å²) in [6.45, 7) is 3.25. The summed E-state index contributed by atoms with van der Waals surface area (Å²) < 4.78 is 7.24. The minimum Gasteiger partial charge on any atom is -0.481 e. The Balaban J connectivity index is 2.03. The Morgan fingerprint density at radius 3 is 3.11 bits per heavy atom. The summed E-state index contributed by atoms with van der Waals surface area (Å²) in [5.41, 5.74) is 0. The van der Waals surface area contributed by atoms with Crippen molar-refractivity contribution in [2.45, 2.75) is 45.3 Å². The van der Waals surface area contributed by atoms with Crippen LogP contribution in [0.3, 0.4) is 0 Å². The molecule has 0 aliphatic carbocycles. The first-order valence-corrected chi connectivity index (χ1v) is 6.30. The van der Waals surface area contributed by atoms with Crippen molar-refractivity contribution < 1.29 is 14.6 Å². The smallest absolute Gasteiger partial charge is 0.303 e. The molecule has 100 valence electrons. The van der Waals surface area contributed by atoms with E-state index in [0.29, 0.717) is 6.54 Å². The van der Waals surface area contributed by atoms with E-state index in [1.807, 2.05) is 6.92 Å². The topological polar surface area (TPSA) is 90.1 Å². The molecule has 1 N–H and O–H groups in total. The van der Waals surface area contributed by atoms with E-state index in [0.717, 1.165) is 31.7 Å². The van der Waals surface area contributed by atoms with Gasteiger partial charge in [-0.2, -0.15) is 0 Å². The molecule has 0 spiro atoms. The van der Waals surface area contributed by atoms with E-state index in [4.69, 9.17) is 9.84 Å². The molecule has 0 saturated carbocycles. The summed E-state index contributed by atoms with van der Waals surface area (Å²) in [5, 5.41) is 20.4. The standard InChI is InChI=1S/C11H18N4O3/c1-2-8(6-10(16)17)7-15-11(12-13-14-15)9-4-3-5-18-9/h8-9H,2-7H2,1H3,(H,16,17). The molecule has 1 aromatic heterocycles. The Hall–Kier alpha value is -1.50. The van der Waals surface area contributed by atoms with Crippen molar-refractivity contribution in [3.05, 3.63) is 5.82 Å². The van der Waals surface area contributed by atoms with Crippen LogP contribution in [0.2, 0.25) is 0 Å². The average molecular weight is 254 g/mol. The van der Waals surface area contributed by atoms with Crippen LogP contribution in [0.25, 0.3) is 0 Å². The number of carbonyl (C=O) groups is 1. The third kappa shape index (κ3) is 3.04. The first-order chi connectivity index (χ1) is 8.70. The van der Waals surface area contributed by atoms with Crippen molar-refractivity contribution in [1.29, 1.82) is 0 Å². The molecule has 7 nitrogen and oxygen atoms in total. The number of carboxylic acid groups (broad SMARTS) is 1. The van der Waals surface area contributed by atoms with Crippen LogP contribution >= 0.6 is 0 Å². The van der Waals surface area contributed by atoms with E-state index in [-0.39, 0.29) is 18.4 Å². The predicted molar refractivity (Wildman–Crippen MR) is 61.8 cm³/mol. The van der Waals surface area contributed by atoms with Crippen LogP contribution in [0.15, 0.2) is 0 Å². The monoisotopic (exact) mass is 254 g/mol. The molecule has 0 aromatic carbocycles. The van der Waals surface area contributed by atoms with Gasteiger partial charge in [0, 0.05) is 19.6 Å². The zero-order valence-electron chi connectivity index (χ0n) is 10.4. The molecule has 0 radical (unpaired) electrons. The number of aromatic nitrogens is 4. The molecular weight excluding hydrogens is 236 g/mol. The lowest BCUT2D eigenvalue weighted by atomic mass is 10.0. The van der Waals surface area contributed by atoms with E-state index in [1.165, 1.54) is 0 Å². The molecule has 7 heteroatoms. The van der Waals surface area contributed by atoms with Crippen LogP contribution in [-0.4, -0.2) is 37.9 Å². The Labute approximate surface area is 105 Å². The molecule has 1 fully saturated rings. The summed E-state index contributed by atoms with van der Waals surface area (Å²) in [4.78, 5) is 10.8. The molecule has 2 unspecified atom stereocenters. The molecule has 2 rings (SSSR count). The third-order valence-corrected chi connectivity index (χ3v) is 3.25. The average Bonchev–Trinajstić information content (AvgIpc) is 2.96. The molecule has 2 heterocycles. The van der Waals surface area contributed by atoms with Gasteiger partial charge in [-0.15, -0.1) is 5.10 Å². The fraction of sp³-hybridized carbons (Fsp3) is 0.818. The third-order valence-electron chi connectivity index (χ3n) is 3.25. The van der Waals surface area contributed by atoms with E-state index in [1.54, 1.807) is 4.68 Å². The Morgan fingerprint density at radius 1 is 1.67 bits per heavy atom. The highest BCUT2D eigenvalue weighted by atomic mass is 16.5. The van der Waals surface area contributed by atoms with Gasteiger partial charge in [-0.1, -0.05) is 13.3 Å². The van der Waals surface area contributed by atoms with Crippen molar-refractivity contribution in [2.24, 2.45) is 5.92 Å². The minimum absolute atomic E-state index is 0.0395. The summed E-state index contributed by atoms with van der Waals surface area (Å²) in [7, 11) is 0. The number of aliphatic carboxylic acids is 1. The second kappa shape index (κ2) is 5.90. The maximum absolute atomic E-state index is 10.8. The molecule has 1 aliphatic rings. The van der Waals surface area contributed by atoms with Gasteiger partial charge in [0.15, 0.2) is 5.82 Å². The van der Waals surface area contributed by atoms with Crippen LogP contribution in [0.1, 0.15) is 44.5 Å². The normalized spacial score (nSPS) is 21.1. The molecule has 0 bridgehead atoms. The summed E-state index contributed by atoms with van der Waals surface area (Å²) in [6.07, 6.45) is 2.83. The molecule has 18 heavy (non-hydrogen) atoms. The van der Waals surface area contributed by atoms with Gasteiger partial charge in [-0.25, -0.2) is 4.68 Å². The number of ether oxygens (including phenoxy) is 1. The lowest BCUT2D eigenvalue weighted by molar-refractivity contribution is -0.138. The summed E-state index contributed by atoms with van der Waals surface area (Å²) in [5.74, 6) is -0.0175. The first-order valence-electron chi connectivity index (χ1n) is 6.30. The van der Waals surface area contributed by atoms with Gasteiger partial charge in [0.05, 0.1) is 0 Å². The fourth-order valence-corrected chi connectivity index (χ4v) is 2.18. The highest BCUT2D eigenvalue weighted by Crippen LogP contribution is 2.27. The molecule has 0 amide bonds. The zero-order valence-corrected chi connectivity index (χ0v) is 10.4. The summed E-state index contributed by atoms with van der Waals surface area (Å²) in [6, 6.07) is 0. The Bertz CT molecular complexity index is 401. The van der Waals surface area contributed by atoms with Crippen LogP contribution in [0.5, 0.6) is 0 Å². The van der Waals surface area contributed by atoms with Gasteiger partial charge < -0.3 is 9.84 Å². The van der Waals surface area contributed by atoms with Gasteiger partial charge in [-0.3, -0.25) is 4.79 Å². The van der Waals surface area contributed by atoms with Crippen LogP contribution < -0.4 is 0 Å². The maximum Gasteiger partial charge on any atom is 0.303 e. The number of hydrogen-bond donors (Lipinski definition) is 1. The Kier molecular flexibility index (Phi) is 4.24. The minimum atomic E-state index is -0.784. The lowest BCUT2D eigenvalue weighted by Gasteiger charge is -2.15. The molecule has 2 atom stereocenters. The second-order valence-corrected chi connectivity index (χ2v) is 4.59. The van der Waals surface area contributed by atoms with Crippen molar-refractivity contribution in [2.75, 3.05) is 6.61 Å². The first kappa shape index (κ1) is 12.9. The number of rotatable bonds is 6. The number of tetrazole rings is 1. The van der Waals surface area contributed by atoms with Gasteiger partial charge >= 0.3 is 5.97 Å². The number of hydrogen-bond acceptors (Lipinski definition) is 5. The van der Waals surface area contributed by atoms with E-state index < -0.39 is 5.97 Å². The molecule has 1 saturated heterocycles. The van der Waals surface area contributed by atoms with E-state index in [2.05, 4.69) is 15.5 Å². The summed E-state index contributed by atoms with van der Waals surface area (Å²) >= 11 is 0. The van der Waals surface area contributed by atoms with Crippen molar-refractivity contribution >= 4 is 5.97 Å². The zero-order chi connectivity index (χ0) is 13.0. The van der Waals surface area contributed by atoms with Gasteiger partial charge in [-0.05, 0) is 29.2 Å². The van der Waals surface area contributed by atoms with Crippen LogP contribution in [0.4, 0.5) is 0 Å². The number of carboxylic acids is 1. The van der Waals surface area contributed by atoms with Gasteiger partial charge in [0.25, 0.3) is 0 Å². The van der Waals surface area contributed by atoms with Crippen molar-refractivity contribution in [3.63, 3.8) is 0 Å². The molecular formula is C11H18N4O3. The number of nitrogens with zero attached hydrogens (tertiary/aromatic N) is 4. The van der Waals surface area contributed by atoms with Gasteiger partial charge in [0.1, 0.15) is 6.10 Å². The largest absolute Gasteiger partial charge is 0.481 e. The highest BCUT2D eigenvalue weighted by Gasteiger charge is 2.25. The van der Waals surface area contributed by atoms with Crippen LogP contribution in [0, 0.1) is 5.92 Å². The fourth-order valence-electron chi connectivity index (χ4n) is 2.18. The second-order valence-electron chi connectivity index (χ2n) is 4.59. The van der Waals surface area contributed by atoms with Crippen molar-refractivity contribution in [1.82, 2.24) is 20.2 Å². The lowest BCUT2D eigenvalue weighted by Crippen LogP contribution is -2.18. The van der Waals surface area contributed by atoms with E-state index >= 15 is 0 Å².